The third kappa shape index (κ3) is 4.37. The van der Waals surface area contributed by atoms with Crippen LogP contribution in [0.4, 0.5) is 13.2 Å². The molecule has 0 saturated carbocycles. The van der Waals surface area contributed by atoms with Gasteiger partial charge in [0.25, 0.3) is 0 Å². The van der Waals surface area contributed by atoms with Crippen LogP contribution >= 0.6 is 0 Å². The molecule has 7 heteroatoms. The fourth-order valence-corrected chi connectivity index (χ4v) is 4.32. The first kappa shape index (κ1) is 20.9. The highest BCUT2D eigenvalue weighted by atomic mass is 19.4. The van der Waals surface area contributed by atoms with Crippen molar-refractivity contribution in [3.8, 4) is 11.4 Å². The normalized spacial score (nSPS) is 15.7. The summed E-state index contributed by atoms with van der Waals surface area (Å²) in [6, 6.07) is 12.1. The maximum absolute atomic E-state index is 13.6. The van der Waals surface area contributed by atoms with Crippen LogP contribution in [0.1, 0.15) is 36.8 Å². The monoisotopic (exact) mass is 416 g/mol. The van der Waals surface area contributed by atoms with Gasteiger partial charge >= 0.3 is 6.18 Å². The van der Waals surface area contributed by atoms with E-state index in [0.717, 1.165) is 37.1 Å². The van der Waals surface area contributed by atoms with E-state index < -0.39 is 11.7 Å². The van der Waals surface area contributed by atoms with Crippen LogP contribution in [0.3, 0.4) is 0 Å². The van der Waals surface area contributed by atoms with Gasteiger partial charge < -0.3 is 15.2 Å². The van der Waals surface area contributed by atoms with E-state index in [-0.39, 0.29) is 12.1 Å². The van der Waals surface area contributed by atoms with E-state index in [1.807, 2.05) is 24.3 Å². The number of rotatable bonds is 6. The van der Waals surface area contributed by atoms with Gasteiger partial charge in [0, 0.05) is 18.7 Å². The number of alkyl halides is 3. The molecular weight excluding hydrogens is 389 g/mol. The van der Waals surface area contributed by atoms with Crippen LogP contribution in [-0.4, -0.2) is 34.1 Å². The van der Waals surface area contributed by atoms with Crippen molar-refractivity contribution >= 4 is 11.0 Å². The van der Waals surface area contributed by atoms with Crippen molar-refractivity contribution < 1.29 is 13.2 Å². The molecule has 2 heterocycles. The maximum Gasteiger partial charge on any atom is 0.416 e. The number of nitrogens with two attached hydrogens (primary N) is 1. The molecule has 0 atom stereocenters. The maximum atomic E-state index is 13.6. The van der Waals surface area contributed by atoms with E-state index in [1.54, 1.807) is 6.07 Å². The van der Waals surface area contributed by atoms with E-state index in [2.05, 4.69) is 14.5 Å². The van der Waals surface area contributed by atoms with Gasteiger partial charge in [0.1, 0.15) is 5.82 Å². The Morgan fingerprint density at radius 3 is 2.47 bits per heavy atom. The summed E-state index contributed by atoms with van der Waals surface area (Å²) in [6.45, 7) is 3.82. The van der Waals surface area contributed by atoms with Gasteiger partial charge in [0.05, 0.1) is 16.6 Å². The average molecular weight is 416 g/mol. The molecule has 1 fully saturated rings. The number of hydrogen-bond donors (Lipinski definition) is 1. The summed E-state index contributed by atoms with van der Waals surface area (Å²) in [6.07, 6.45) is 0.267. The molecular formula is C23H27F3N4. The minimum absolute atomic E-state index is 0.0963. The zero-order valence-electron chi connectivity index (χ0n) is 17.0. The first-order chi connectivity index (χ1) is 14.5. The lowest BCUT2D eigenvalue weighted by molar-refractivity contribution is -0.138. The van der Waals surface area contributed by atoms with Crippen molar-refractivity contribution in [1.29, 1.82) is 0 Å². The SMILES string of the molecule is NCc1ccc(-c2nc3ccccc3n2CCCN2CCCCC2)cc1C(F)(F)F. The summed E-state index contributed by atoms with van der Waals surface area (Å²) in [5, 5.41) is 0. The van der Waals surface area contributed by atoms with Crippen molar-refractivity contribution in [1.82, 2.24) is 14.5 Å². The predicted molar refractivity (Wildman–Crippen MR) is 113 cm³/mol. The molecule has 0 bridgehead atoms. The lowest BCUT2D eigenvalue weighted by atomic mass is 10.0. The van der Waals surface area contributed by atoms with Crippen LogP contribution in [-0.2, 0) is 19.3 Å². The smallest absolute Gasteiger partial charge is 0.326 e. The van der Waals surface area contributed by atoms with Crippen LogP contribution in [0.25, 0.3) is 22.4 Å². The van der Waals surface area contributed by atoms with Crippen LogP contribution in [0.5, 0.6) is 0 Å². The molecule has 1 aromatic heterocycles. The Kier molecular flexibility index (Phi) is 6.11. The minimum atomic E-state index is -4.45. The van der Waals surface area contributed by atoms with E-state index in [1.165, 1.54) is 31.4 Å². The molecule has 0 amide bonds. The quantitative estimate of drug-likeness (QED) is 0.611. The van der Waals surface area contributed by atoms with E-state index in [9.17, 15) is 13.2 Å². The lowest BCUT2D eigenvalue weighted by Gasteiger charge is -2.26. The first-order valence-corrected chi connectivity index (χ1v) is 10.6. The molecule has 2 aromatic carbocycles. The van der Waals surface area contributed by atoms with E-state index in [4.69, 9.17) is 5.73 Å². The molecule has 0 unspecified atom stereocenters. The van der Waals surface area contributed by atoms with Crippen LogP contribution < -0.4 is 5.73 Å². The van der Waals surface area contributed by atoms with E-state index >= 15 is 0 Å². The number of imidazole rings is 1. The Bertz CT molecular complexity index is 1000. The Labute approximate surface area is 174 Å². The fraction of sp³-hybridized carbons (Fsp3) is 0.435. The number of benzene rings is 2. The number of halogens is 3. The second-order valence-corrected chi connectivity index (χ2v) is 7.91. The van der Waals surface area contributed by atoms with Gasteiger partial charge in [-0.05, 0) is 62.7 Å². The fourth-order valence-electron chi connectivity index (χ4n) is 4.32. The molecule has 30 heavy (non-hydrogen) atoms. The number of hydrogen-bond acceptors (Lipinski definition) is 3. The molecule has 1 aliphatic rings. The number of aromatic nitrogens is 2. The average Bonchev–Trinajstić information content (AvgIpc) is 3.12. The van der Waals surface area contributed by atoms with Crippen molar-refractivity contribution in [2.45, 2.75) is 44.9 Å². The molecule has 3 aromatic rings. The van der Waals surface area contributed by atoms with Gasteiger partial charge in [-0.2, -0.15) is 13.2 Å². The highest BCUT2D eigenvalue weighted by Crippen LogP contribution is 2.35. The lowest BCUT2D eigenvalue weighted by Crippen LogP contribution is -2.31. The standard InChI is InChI=1S/C23H27F3N4/c24-23(25,26)19-15-17(9-10-18(19)16-27)22-28-20-7-2-3-8-21(20)30(22)14-6-13-29-11-4-1-5-12-29/h2-3,7-10,15H,1,4-6,11-14,16,27H2. The van der Waals surface area contributed by atoms with Gasteiger partial charge in [-0.15, -0.1) is 0 Å². The van der Waals surface area contributed by atoms with Crippen LogP contribution in [0.15, 0.2) is 42.5 Å². The molecule has 2 N–H and O–H groups in total. The van der Waals surface area contributed by atoms with Crippen molar-refractivity contribution in [3.05, 3.63) is 53.6 Å². The number of likely N-dealkylation sites (tertiary alicyclic amines) is 1. The topological polar surface area (TPSA) is 47.1 Å². The van der Waals surface area contributed by atoms with Crippen molar-refractivity contribution in [2.75, 3.05) is 19.6 Å². The Hall–Kier alpha value is -2.38. The highest BCUT2D eigenvalue weighted by Gasteiger charge is 2.33. The molecule has 0 spiro atoms. The summed E-state index contributed by atoms with van der Waals surface area (Å²) < 4.78 is 42.7. The largest absolute Gasteiger partial charge is 0.416 e. The number of fused-ring (bicyclic) bond motifs is 1. The Balaban J connectivity index is 1.67. The molecule has 0 radical (unpaired) electrons. The summed E-state index contributed by atoms with van der Waals surface area (Å²) in [4.78, 5) is 7.15. The second-order valence-electron chi connectivity index (χ2n) is 7.91. The van der Waals surface area contributed by atoms with Gasteiger partial charge in [0.2, 0.25) is 0 Å². The molecule has 4 nitrogen and oxygen atoms in total. The molecule has 160 valence electrons. The van der Waals surface area contributed by atoms with E-state index in [0.29, 0.717) is 17.9 Å². The summed E-state index contributed by atoms with van der Waals surface area (Å²) in [5.74, 6) is 0.573. The highest BCUT2D eigenvalue weighted by molar-refractivity contribution is 5.80. The number of para-hydroxylation sites is 2. The first-order valence-electron chi connectivity index (χ1n) is 10.6. The summed E-state index contributed by atoms with van der Waals surface area (Å²) >= 11 is 0. The zero-order valence-corrected chi connectivity index (χ0v) is 17.0. The summed E-state index contributed by atoms with van der Waals surface area (Å²) in [7, 11) is 0. The van der Waals surface area contributed by atoms with Crippen LogP contribution in [0, 0.1) is 0 Å². The summed E-state index contributed by atoms with van der Waals surface area (Å²) in [5.41, 5.74) is 7.16. The second kappa shape index (κ2) is 8.78. The third-order valence-electron chi connectivity index (χ3n) is 5.85. The molecule has 4 rings (SSSR count). The van der Waals surface area contributed by atoms with Gasteiger partial charge in [-0.25, -0.2) is 4.98 Å². The number of nitrogens with zero attached hydrogens (tertiary/aromatic N) is 3. The van der Waals surface area contributed by atoms with Crippen molar-refractivity contribution in [2.24, 2.45) is 5.73 Å². The number of piperidine rings is 1. The van der Waals surface area contributed by atoms with Crippen LogP contribution in [0.2, 0.25) is 0 Å². The van der Waals surface area contributed by atoms with Gasteiger partial charge in [0.15, 0.2) is 0 Å². The van der Waals surface area contributed by atoms with Gasteiger partial charge in [-0.3, -0.25) is 0 Å². The Morgan fingerprint density at radius 2 is 1.73 bits per heavy atom. The minimum Gasteiger partial charge on any atom is -0.326 e. The predicted octanol–water partition coefficient (Wildman–Crippen LogP) is 5.06. The molecule has 1 saturated heterocycles. The molecule has 1 aliphatic heterocycles. The third-order valence-corrected chi connectivity index (χ3v) is 5.85. The zero-order chi connectivity index (χ0) is 21.1. The number of aryl methyl sites for hydroxylation is 1. The van der Waals surface area contributed by atoms with Gasteiger partial charge in [-0.1, -0.05) is 30.7 Å². The Morgan fingerprint density at radius 1 is 0.967 bits per heavy atom. The van der Waals surface area contributed by atoms with Crippen molar-refractivity contribution in [3.63, 3.8) is 0 Å². The molecule has 0 aliphatic carbocycles.